The van der Waals surface area contributed by atoms with E-state index in [1.165, 1.54) is 18.2 Å². The van der Waals surface area contributed by atoms with Gasteiger partial charge in [0.25, 0.3) is 0 Å². The molecule has 1 aliphatic carbocycles. The highest BCUT2D eigenvalue weighted by Crippen LogP contribution is 2.31. The van der Waals surface area contributed by atoms with Crippen molar-refractivity contribution in [2.24, 2.45) is 0 Å². The molecule has 2 aromatic heterocycles. The summed E-state index contributed by atoms with van der Waals surface area (Å²) in [5, 5.41) is 5.30. The van der Waals surface area contributed by atoms with E-state index in [0.29, 0.717) is 28.6 Å². The number of urea groups is 1. The number of amides is 2. The number of furan rings is 1. The number of halogens is 3. The first-order valence-electron chi connectivity index (χ1n) is 9.54. The molecule has 0 radical (unpaired) electrons. The van der Waals surface area contributed by atoms with E-state index in [9.17, 15) is 18.0 Å². The van der Waals surface area contributed by atoms with Crippen LogP contribution < -0.4 is 10.6 Å². The molecule has 0 unspecified atom stereocenters. The molecule has 0 spiro atoms. The van der Waals surface area contributed by atoms with E-state index < -0.39 is 12.4 Å². The SMILES string of the molecule is C=Cc1oc(-c2ncccc2NC(=O)NC2=CC=C(OC(F)(F)F)C=CC2)cc1/C=C\C. The number of ether oxygens (including phenoxy) is 1. The Morgan fingerprint density at radius 2 is 2.12 bits per heavy atom. The van der Waals surface area contributed by atoms with Crippen LogP contribution >= 0.6 is 0 Å². The van der Waals surface area contributed by atoms with Crippen LogP contribution in [0.25, 0.3) is 23.6 Å². The zero-order valence-electron chi connectivity index (χ0n) is 17.1. The van der Waals surface area contributed by atoms with Crippen LogP contribution in [0.1, 0.15) is 24.7 Å². The number of anilines is 1. The van der Waals surface area contributed by atoms with Crippen molar-refractivity contribution in [2.45, 2.75) is 19.7 Å². The smallest absolute Gasteiger partial charge is 0.454 e. The van der Waals surface area contributed by atoms with Gasteiger partial charge >= 0.3 is 12.4 Å². The standard InChI is InChI=1S/C23H20F3N3O3/c1-3-7-15-14-20(31-19(15)4-2)21-18(10-6-13-27-21)29-22(30)28-16-8-5-9-17(12-11-16)32-23(24,25)26/h3-7,9-14H,2,8H2,1H3,(H2,28,29,30)/b7-3-. The first-order chi connectivity index (χ1) is 15.3. The number of pyridine rings is 1. The predicted molar refractivity (Wildman–Crippen MR) is 116 cm³/mol. The van der Waals surface area contributed by atoms with Gasteiger partial charge in [0.2, 0.25) is 0 Å². The number of carbonyl (C=O) groups is 1. The number of nitrogens with one attached hydrogen (secondary N) is 2. The second kappa shape index (κ2) is 9.86. The summed E-state index contributed by atoms with van der Waals surface area (Å²) >= 11 is 0. The van der Waals surface area contributed by atoms with Gasteiger partial charge in [0, 0.05) is 23.9 Å². The van der Waals surface area contributed by atoms with Crippen molar-refractivity contribution in [1.29, 1.82) is 0 Å². The van der Waals surface area contributed by atoms with Crippen LogP contribution in [0.5, 0.6) is 0 Å². The van der Waals surface area contributed by atoms with Crippen molar-refractivity contribution >= 4 is 23.9 Å². The minimum Gasteiger partial charge on any atom is -0.454 e. The van der Waals surface area contributed by atoms with Crippen LogP contribution in [0.4, 0.5) is 23.7 Å². The van der Waals surface area contributed by atoms with Crippen LogP contribution in [0.15, 0.2) is 77.2 Å². The van der Waals surface area contributed by atoms with E-state index in [2.05, 4.69) is 26.9 Å². The average molecular weight is 443 g/mol. The van der Waals surface area contributed by atoms with Crippen molar-refractivity contribution in [3.05, 3.63) is 84.1 Å². The number of nitrogens with zero attached hydrogens (tertiary/aromatic N) is 1. The lowest BCUT2D eigenvalue weighted by Gasteiger charge is -2.11. The summed E-state index contributed by atoms with van der Waals surface area (Å²) in [5.41, 5.74) is 2.00. The third-order valence-electron chi connectivity index (χ3n) is 4.19. The Kier molecular flexibility index (Phi) is 6.99. The summed E-state index contributed by atoms with van der Waals surface area (Å²) in [6, 6.07) is 4.51. The summed E-state index contributed by atoms with van der Waals surface area (Å²) in [4.78, 5) is 16.8. The summed E-state index contributed by atoms with van der Waals surface area (Å²) in [7, 11) is 0. The molecule has 0 atom stereocenters. The lowest BCUT2D eigenvalue weighted by atomic mass is 10.2. The molecule has 2 aromatic rings. The first-order valence-corrected chi connectivity index (χ1v) is 9.54. The molecule has 9 heteroatoms. The molecule has 0 bridgehead atoms. The topological polar surface area (TPSA) is 76.4 Å². The molecule has 2 N–H and O–H groups in total. The van der Waals surface area contributed by atoms with Gasteiger partial charge < -0.3 is 19.8 Å². The third kappa shape index (κ3) is 6.00. The Balaban J connectivity index is 1.76. The molecule has 0 aliphatic heterocycles. The van der Waals surface area contributed by atoms with Gasteiger partial charge in [-0.1, -0.05) is 24.8 Å². The van der Waals surface area contributed by atoms with Gasteiger partial charge in [-0.25, -0.2) is 4.79 Å². The third-order valence-corrected chi connectivity index (χ3v) is 4.19. The lowest BCUT2D eigenvalue weighted by molar-refractivity contribution is -0.303. The molecular formula is C23H20F3N3O3. The molecule has 1 aliphatic rings. The Bertz CT molecular complexity index is 1120. The maximum absolute atomic E-state index is 12.5. The maximum atomic E-state index is 12.5. The van der Waals surface area contributed by atoms with Gasteiger partial charge in [-0.15, -0.1) is 13.2 Å². The van der Waals surface area contributed by atoms with Crippen LogP contribution in [0.3, 0.4) is 0 Å². The molecule has 32 heavy (non-hydrogen) atoms. The quantitative estimate of drug-likeness (QED) is 0.541. The fourth-order valence-corrected chi connectivity index (χ4v) is 2.91. The van der Waals surface area contributed by atoms with E-state index in [1.54, 1.807) is 30.5 Å². The predicted octanol–water partition coefficient (Wildman–Crippen LogP) is 6.40. The van der Waals surface area contributed by atoms with E-state index >= 15 is 0 Å². The second-order valence-electron chi connectivity index (χ2n) is 6.53. The average Bonchev–Trinajstić information content (AvgIpc) is 3.01. The van der Waals surface area contributed by atoms with Gasteiger partial charge in [-0.2, -0.15) is 0 Å². The fraction of sp³-hybridized carbons (Fsp3) is 0.130. The Hall–Kier alpha value is -4.01. The largest absolute Gasteiger partial charge is 0.573 e. The van der Waals surface area contributed by atoms with Crippen LogP contribution in [-0.4, -0.2) is 17.4 Å². The molecule has 2 heterocycles. The van der Waals surface area contributed by atoms with Gasteiger partial charge in [0.05, 0.1) is 5.69 Å². The zero-order valence-corrected chi connectivity index (χ0v) is 17.1. The number of alkyl halides is 3. The molecular weight excluding hydrogens is 423 g/mol. The Morgan fingerprint density at radius 1 is 1.31 bits per heavy atom. The highest BCUT2D eigenvalue weighted by Gasteiger charge is 2.31. The molecule has 0 saturated heterocycles. The number of hydrogen-bond donors (Lipinski definition) is 2. The summed E-state index contributed by atoms with van der Waals surface area (Å²) in [5.74, 6) is 0.632. The number of aromatic nitrogens is 1. The Morgan fingerprint density at radius 3 is 2.84 bits per heavy atom. The molecule has 0 saturated carbocycles. The van der Waals surface area contributed by atoms with Crippen LogP contribution in [0.2, 0.25) is 0 Å². The monoisotopic (exact) mass is 443 g/mol. The van der Waals surface area contributed by atoms with Gasteiger partial charge in [-0.05, 0) is 49.4 Å². The number of carbonyl (C=O) groups excluding carboxylic acids is 1. The van der Waals surface area contributed by atoms with Gasteiger partial charge in [0.1, 0.15) is 17.2 Å². The van der Waals surface area contributed by atoms with Crippen molar-refractivity contribution in [3.63, 3.8) is 0 Å². The number of hydrogen-bond acceptors (Lipinski definition) is 4. The Labute approximate surface area is 182 Å². The minimum atomic E-state index is -4.79. The number of allylic oxidation sites excluding steroid dienone is 5. The van der Waals surface area contributed by atoms with E-state index in [0.717, 1.165) is 11.6 Å². The normalized spacial score (nSPS) is 13.9. The summed E-state index contributed by atoms with van der Waals surface area (Å²) < 4.78 is 46.8. The molecule has 6 nitrogen and oxygen atoms in total. The van der Waals surface area contributed by atoms with Crippen molar-refractivity contribution in [2.75, 3.05) is 5.32 Å². The van der Waals surface area contributed by atoms with Crippen molar-refractivity contribution in [3.8, 4) is 11.5 Å². The van der Waals surface area contributed by atoms with Gasteiger partial charge in [-0.3, -0.25) is 4.98 Å². The molecule has 2 amide bonds. The van der Waals surface area contributed by atoms with E-state index in [4.69, 9.17) is 4.42 Å². The van der Waals surface area contributed by atoms with Crippen LogP contribution in [-0.2, 0) is 4.74 Å². The highest BCUT2D eigenvalue weighted by molar-refractivity contribution is 5.94. The lowest BCUT2D eigenvalue weighted by Crippen LogP contribution is -2.28. The van der Waals surface area contributed by atoms with Gasteiger partial charge in [0.15, 0.2) is 5.76 Å². The van der Waals surface area contributed by atoms with Crippen LogP contribution in [0, 0.1) is 0 Å². The van der Waals surface area contributed by atoms with Crippen molar-refractivity contribution < 1.29 is 27.1 Å². The summed E-state index contributed by atoms with van der Waals surface area (Å²) in [6.45, 7) is 5.61. The number of rotatable bonds is 6. The highest BCUT2D eigenvalue weighted by atomic mass is 19.4. The molecule has 0 aromatic carbocycles. The second-order valence-corrected chi connectivity index (χ2v) is 6.53. The minimum absolute atomic E-state index is 0.210. The van der Waals surface area contributed by atoms with E-state index in [-0.39, 0.29) is 12.2 Å². The van der Waals surface area contributed by atoms with Crippen molar-refractivity contribution in [1.82, 2.24) is 10.3 Å². The molecule has 3 rings (SSSR count). The molecule has 0 fully saturated rings. The first kappa shape index (κ1) is 22.7. The van der Waals surface area contributed by atoms with E-state index in [1.807, 2.05) is 19.1 Å². The molecule has 166 valence electrons. The maximum Gasteiger partial charge on any atom is 0.573 e. The fourth-order valence-electron chi connectivity index (χ4n) is 2.91. The zero-order chi connectivity index (χ0) is 23.1. The summed E-state index contributed by atoms with van der Waals surface area (Å²) in [6.07, 6.45) is 7.41.